The van der Waals surface area contributed by atoms with E-state index < -0.39 is 17.6 Å². The van der Waals surface area contributed by atoms with Gasteiger partial charge in [-0.2, -0.15) is 0 Å². The molecule has 6 nitrogen and oxygen atoms in total. The number of nitrogens with zero attached hydrogens (tertiary/aromatic N) is 1. The lowest BCUT2D eigenvalue weighted by Gasteiger charge is -2.21. The number of H-pyrrole nitrogens is 1. The molecule has 1 aromatic rings. The number of aryl methyl sites for hydroxylation is 1. The third-order valence-corrected chi connectivity index (χ3v) is 4.10. The third kappa shape index (κ3) is 4.89. The van der Waals surface area contributed by atoms with Crippen molar-refractivity contribution in [3.63, 3.8) is 0 Å². The molecule has 0 fully saturated rings. The van der Waals surface area contributed by atoms with Gasteiger partial charge < -0.3 is 15.4 Å². The lowest BCUT2D eigenvalue weighted by atomic mass is 9.95. The molecule has 0 aromatic carbocycles. The van der Waals surface area contributed by atoms with Gasteiger partial charge in [-0.3, -0.25) is 9.59 Å². The van der Waals surface area contributed by atoms with Crippen LogP contribution >= 0.6 is 0 Å². The van der Waals surface area contributed by atoms with Gasteiger partial charge in [-0.15, -0.1) is 0 Å². The largest absolute Gasteiger partial charge is 0.391 e. The van der Waals surface area contributed by atoms with Crippen LogP contribution in [0.1, 0.15) is 69.3 Å². The van der Waals surface area contributed by atoms with Crippen LogP contribution in [0.15, 0.2) is 4.79 Å². The van der Waals surface area contributed by atoms with Crippen molar-refractivity contribution in [1.82, 2.24) is 15.3 Å². The molecule has 0 radical (unpaired) electrons. The molecule has 1 rings (SSSR count). The quantitative estimate of drug-likeness (QED) is 0.745. The Labute approximate surface area is 137 Å². The van der Waals surface area contributed by atoms with E-state index >= 15 is 0 Å². The van der Waals surface area contributed by atoms with Crippen molar-refractivity contribution in [3.8, 4) is 0 Å². The minimum atomic E-state index is -0.616. The van der Waals surface area contributed by atoms with Gasteiger partial charge in [-0.1, -0.05) is 47.5 Å². The maximum Gasteiger partial charge on any atom is 0.264 e. The summed E-state index contributed by atoms with van der Waals surface area (Å²) in [7, 11) is 0. The lowest BCUT2D eigenvalue weighted by molar-refractivity contribution is 0.0814. The van der Waals surface area contributed by atoms with Crippen LogP contribution in [0, 0.1) is 12.8 Å². The van der Waals surface area contributed by atoms with Gasteiger partial charge >= 0.3 is 0 Å². The zero-order chi connectivity index (χ0) is 17.8. The maximum absolute atomic E-state index is 12.3. The average molecular weight is 323 g/mol. The zero-order valence-corrected chi connectivity index (χ0v) is 15.0. The Bertz CT molecular complexity index is 598. The minimum Gasteiger partial charge on any atom is -0.391 e. The summed E-state index contributed by atoms with van der Waals surface area (Å²) in [4.78, 5) is 31.5. The van der Waals surface area contributed by atoms with Crippen molar-refractivity contribution < 1.29 is 9.90 Å². The minimum absolute atomic E-state index is 0.00902. The number of carbonyl (C=O) groups is 1. The number of hydrogen-bond acceptors (Lipinski definition) is 4. The van der Waals surface area contributed by atoms with Crippen LogP contribution in [-0.4, -0.2) is 33.6 Å². The van der Waals surface area contributed by atoms with E-state index in [1.807, 2.05) is 34.6 Å². The molecule has 6 heteroatoms. The number of aromatic nitrogens is 2. The first-order valence-corrected chi connectivity index (χ1v) is 8.19. The van der Waals surface area contributed by atoms with E-state index in [1.54, 1.807) is 6.92 Å². The number of aliphatic hydroxyl groups is 1. The van der Waals surface area contributed by atoms with Crippen LogP contribution in [0.25, 0.3) is 0 Å². The molecule has 1 heterocycles. The Morgan fingerprint density at radius 2 is 1.87 bits per heavy atom. The van der Waals surface area contributed by atoms with E-state index in [-0.39, 0.29) is 23.4 Å². The Morgan fingerprint density at radius 3 is 2.30 bits per heavy atom. The monoisotopic (exact) mass is 323 g/mol. The second-order valence-electron chi connectivity index (χ2n) is 6.98. The number of nitrogens with one attached hydrogen (secondary N) is 2. The summed E-state index contributed by atoms with van der Waals surface area (Å²) in [5, 5.41) is 12.7. The molecule has 0 aliphatic heterocycles. The van der Waals surface area contributed by atoms with Gasteiger partial charge in [0.1, 0.15) is 11.4 Å². The van der Waals surface area contributed by atoms with Crippen molar-refractivity contribution >= 4 is 5.91 Å². The van der Waals surface area contributed by atoms with Crippen LogP contribution in [0.3, 0.4) is 0 Å². The molecule has 0 aliphatic carbocycles. The van der Waals surface area contributed by atoms with Gasteiger partial charge in [0.05, 0.1) is 11.8 Å². The zero-order valence-electron chi connectivity index (χ0n) is 15.0. The van der Waals surface area contributed by atoms with Gasteiger partial charge in [0.25, 0.3) is 11.5 Å². The smallest absolute Gasteiger partial charge is 0.264 e. The van der Waals surface area contributed by atoms with Crippen LogP contribution in [0.4, 0.5) is 0 Å². The van der Waals surface area contributed by atoms with E-state index in [1.165, 1.54) is 0 Å². The fourth-order valence-corrected chi connectivity index (χ4v) is 2.49. The summed E-state index contributed by atoms with van der Waals surface area (Å²) in [6, 6.07) is 0. The van der Waals surface area contributed by atoms with E-state index in [4.69, 9.17) is 0 Å². The topological polar surface area (TPSA) is 95.1 Å². The van der Waals surface area contributed by atoms with Gasteiger partial charge in [0.15, 0.2) is 0 Å². The molecular formula is C17H29N3O3. The lowest BCUT2D eigenvalue weighted by Crippen LogP contribution is -2.39. The van der Waals surface area contributed by atoms with Crippen molar-refractivity contribution in [3.05, 3.63) is 27.4 Å². The maximum atomic E-state index is 12.3. The molecular weight excluding hydrogens is 294 g/mol. The Kier molecular flexibility index (Phi) is 6.50. The fourth-order valence-electron chi connectivity index (χ4n) is 2.49. The molecule has 0 unspecified atom stereocenters. The molecule has 1 amide bonds. The molecule has 1 atom stereocenters. The van der Waals surface area contributed by atoms with Crippen molar-refractivity contribution in [2.24, 2.45) is 5.92 Å². The predicted octanol–water partition coefficient (Wildman–Crippen LogP) is 1.90. The van der Waals surface area contributed by atoms with E-state index in [2.05, 4.69) is 15.3 Å². The van der Waals surface area contributed by atoms with Gasteiger partial charge in [-0.25, -0.2) is 4.98 Å². The van der Waals surface area contributed by atoms with Crippen molar-refractivity contribution in [2.45, 2.75) is 65.9 Å². The molecule has 0 saturated heterocycles. The van der Waals surface area contributed by atoms with Crippen LogP contribution in [-0.2, 0) is 5.41 Å². The van der Waals surface area contributed by atoms with Crippen LogP contribution in [0.5, 0.6) is 0 Å². The summed E-state index contributed by atoms with van der Waals surface area (Å²) < 4.78 is 0. The highest BCUT2D eigenvalue weighted by Gasteiger charge is 2.23. The summed E-state index contributed by atoms with van der Waals surface area (Å²) in [5.41, 5.74) is -0.343. The highest BCUT2D eigenvalue weighted by atomic mass is 16.3. The molecule has 3 N–H and O–H groups in total. The summed E-state index contributed by atoms with van der Waals surface area (Å²) in [5.74, 6) is 0.186. The number of aromatic amines is 1. The van der Waals surface area contributed by atoms with Gasteiger partial charge in [0.2, 0.25) is 0 Å². The summed E-state index contributed by atoms with van der Waals surface area (Å²) in [6.45, 7) is 11.6. The summed E-state index contributed by atoms with van der Waals surface area (Å²) in [6.07, 6.45) is 1.07. The molecule has 0 saturated carbocycles. The third-order valence-electron chi connectivity index (χ3n) is 4.10. The van der Waals surface area contributed by atoms with E-state index in [0.717, 1.165) is 12.8 Å². The van der Waals surface area contributed by atoms with Crippen LogP contribution in [0.2, 0.25) is 0 Å². The number of hydrogen-bond donors (Lipinski definition) is 3. The standard InChI is InChI=1S/C17H29N3O3/c1-7-11(8-2)12(21)9-18-14(22)13-10(3)19-16(17(4,5)6)20-15(13)23/h11-12,21H,7-9H2,1-6H3,(H,18,22)(H,19,20,23)/t12-/m1/s1. The first kappa shape index (κ1) is 19.4. The van der Waals surface area contributed by atoms with Gasteiger partial charge in [-0.05, 0) is 12.8 Å². The Balaban J connectivity index is 2.91. The van der Waals surface area contributed by atoms with E-state index in [9.17, 15) is 14.7 Å². The van der Waals surface area contributed by atoms with Crippen molar-refractivity contribution in [1.29, 1.82) is 0 Å². The summed E-state index contributed by atoms with van der Waals surface area (Å²) >= 11 is 0. The molecule has 0 bridgehead atoms. The first-order valence-electron chi connectivity index (χ1n) is 8.19. The van der Waals surface area contributed by atoms with E-state index in [0.29, 0.717) is 11.5 Å². The Hall–Kier alpha value is -1.69. The molecule has 130 valence electrons. The molecule has 0 aliphatic rings. The fraction of sp³-hybridized carbons (Fsp3) is 0.706. The van der Waals surface area contributed by atoms with Crippen molar-refractivity contribution in [2.75, 3.05) is 6.54 Å². The number of amides is 1. The predicted molar refractivity (Wildman–Crippen MR) is 90.7 cm³/mol. The number of aliphatic hydroxyl groups excluding tert-OH is 1. The second kappa shape index (κ2) is 7.73. The Morgan fingerprint density at radius 1 is 1.30 bits per heavy atom. The molecule has 23 heavy (non-hydrogen) atoms. The molecule has 1 aromatic heterocycles. The highest BCUT2D eigenvalue weighted by molar-refractivity contribution is 5.94. The van der Waals surface area contributed by atoms with Gasteiger partial charge in [0, 0.05) is 12.0 Å². The molecule has 0 spiro atoms. The SMILES string of the molecule is CCC(CC)[C@H](O)CNC(=O)c1c(C)nc(C(C)(C)C)[nH]c1=O. The average Bonchev–Trinajstić information content (AvgIpc) is 2.44. The first-order chi connectivity index (χ1) is 10.6. The van der Waals surface area contributed by atoms with Crippen LogP contribution < -0.4 is 10.9 Å². The second-order valence-corrected chi connectivity index (χ2v) is 6.98. The number of rotatable bonds is 6. The number of carbonyl (C=O) groups excluding carboxylic acids is 1. The highest BCUT2D eigenvalue weighted by Crippen LogP contribution is 2.17. The normalized spacial score (nSPS) is 13.2.